The minimum atomic E-state index is -3.59. The van der Waals surface area contributed by atoms with Gasteiger partial charge in [0.1, 0.15) is 5.60 Å². The minimum Gasteiger partial charge on any atom is -0.444 e. The molecule has 0 spiro atoms. The number of carbonyl (C=O) groups is 1. The summed E-state index contributed by atoms with van der Waals surface area (Å²) < 4.78 is 33.4. The predicted molar refractivity (Wildman–Crippen MR) is 143 cm³/mol. The zero-order valence-electron chi connectivity index (χ0n) is 22.5. The Hall–Kier alpha value is -2.42. The van der Waals surface area contributed by atoms with Crippen molar-refractivity contribution < 1.29 is 17.9 Å². The lowest BCUT2D eigenvalue weighted by Gasteiger charge is -2.42. The summed E-state index contributed by atoms with van der Waals surface area (Å²) in [6.45, 7) is 11.2. The monoisotopic (exact) mass is 515 g/mol. The number of likely N-dealkylation sites (N-methyl/N-ethyl adjacent to an activating group) is 1. The maximum Gasteiger partial charge on any atom is 0.410 e. The van der Waals surface area contributed by atoms with Gasteiger partial charge < -0.3 is 14.5 Å². The van der Waals surface area contributed by atoms with Crippen molar-refractivity contribution in [3.05, 3.63) is 66.2 Å². The molecule has 1 saturated heterocycles. The number of carbonyl (C=O) groups excluding carboxylic acids is 1. The van der Waals surface area contributed by atoms with Crippen LogP contribution in [0.1, 0.15) is 39.7 Å². The first-order chi connectivity index (χ1) is 16.8. The van der Waals surface area contributed by atoms with E-state index in [2.05, 4.69) is 31.0 Å². The van der Waals surface area contributed by atoms with Crippen LogP contribution in [0.25, 0.3) is 0 Å². The van der Waals surface area contributed by atoms with E-state index in [4.69, 9.17) is 4.74 Å². The SMILES string of the molecule is CN(CC[C@](C)(CN(C)S(=O)(=O)c1ccccc1)c1ccccc1)CC1CN(C(=O)OC(C)(C)C)C1. The standard InChI is InChI=1S/C28H41N3O4S/c1-27(2,3)35-26(32)31-20-23(21-31)19-29(5)18-17-28(4,24-13-9-7-10-14-24)22-30(6)36(33,34)25-15-11-8-12-16-25/h7-16,23H,17-22H2,1-6H3/t28-/m1/s1. The molecule has 0 saturated carbocycles. The minimum absolute atomic E-state index is 0.249. The lowest BCUT2D eigenvalue weighted by atomic mass is 9.79. The average molecular weight is 516 g/mol. The predicted octanol–water partition coefficient (Wildman–Crippen LogP) is 4.45. The molecular formula is C28H41N3O4S. The van der Waals surface area contributed by atoms with Crippen molar-refractivity contribution in [3.8, 4) is 0 Å². The van der Waals surface area contributed by atoms with Crippen LogP contribution in [-0.2, 0) is 20.2 Å². The largest absolute Gasteiger partial charge is 0.444 e. The molecule has 198 valence electrons. The summed E-state index contributed by atoms with van der Waals surface area (Å²) in [7, 11) is 0.159. The molecule has 36 heavy (non-hydrogen) atoms. The highest BCUT2D eigenvalue weighted by molar-refractivity contribution is 7.89. The van der Waals surface area contributed by atoms with E-state index in [9.17, 15) is 13.2 Å². The number of nitrogens with zero attached hydrogens (tertiary/aromatic N) is 3. The Morgan fingerprint density at radius 3 is 2.08 bits per heavy atom. The Kier molecular flexibility index (Phi) is 8.85. The third kappa shape index (κ3) is 7.31. The molecule has 1 aliphatic heterocycles. The first kappa shape index (κ1) is 28.2. The van der Waals surface area contributed by atoms with E-state index in [1.54, 1.807) is 36.2 Å². The first-order valence-electron chi connectivity index (χ1n) is 12.5. The molecule has 1 fully saturated rings. The summed E-state index contributed by atoms with van der Waals surface area (Å²) in [4.78, 5) is 16.5. The van der Waals surface area contributed by atoms with Gasteiger partial charge in [-0.05, 0) is 58.5 Å². The average Bonchev–Trinajstić information content (AvgIpc) is 2.79. The lowest BCUT2D eigenvalue weighted by molar-refractivity contribution is -0.00541. The quantitative estimate of drug-likeness (QED) is 0.468. The number of sulfonamides is 1. The second-order valence-corrected chi connectivity index (χ2v) is 13.3. The zero-order valence-corrected chi connectivity index (χ0v) is 23.3. The van der Waals surface area contributed by atoms with Gasteiger partial charge in [0, 0.05) is 44.6 Å². The second-order valence-electron chi connectivity index (χ2n) is 11.3. The molecule has 7 nitrogen and oxygen atoms in total. The summed E-state index contributed by atoms with van der Waals surface area (Å²) in [5.41, 5.74) is 0.268. The third-order valence-corrected chi connectivity index (χ3v) is 8.54. The molecule has 1 heterocycles. The normalized spacial score (nSPS) is 16.6. The Labute approximate surface area is 217 Å². The molecule has 2 aromatic carbocycles. The van der Waals surface area contributed by atoms with Crippen molar-refractivity contribution in [3.63, 3.8) is 0 Å². The van der Waals surface area contributed by atoms with Crippen molar-refractivity contribution in [2.24, 2.45) is 5.92 Å². The van der Waals surface area contributed by atoms with Crippen LogP contribution in [0.3, 0.4) is 0 Å². The highest BCUT2D eigenvalue weighted by Gasteiger charge is 2.36. The van der Waals surface area contributed by atoms with E-state index in [0.717, 1.165) is 25.1 Å². The van der Waals surface area contributed by atoms with E-state index >= 15 is 0 Å². The zero-order chi connectivity index (χ0) is 26.6. The smallest absolute Gasteiger partial charge is 0.410 e. The number of benzene rings is 2. The molecule has 0 bridgehead atoms. The van der Waals surface area contributed by atoms with Gasteiger partial charge in [-0.1, -0.05) is 55.5 Å². The summed E-state index contributed by atoms with van der Waals surface area (Å²) in [6, 6.07) is 18.7. The first-order valence-corrected chi connectivity index (χ1v) is 14.0. The molecule has 3 rings (SSSR count). The number of rotatable bonds is 10. The topological polar surface area (TPSA) is 70.2 Å². The van der Waals surface area contributed by atoms with Crippen LogP contribution in [-0.4, -0.2) is 81.0 Å². The molecule has 0 N–H and O–H groups in total. The molecular weight excluding hydrogens is 474 g/mol. The molecule has 8 heteroatoms. The number of amides is 1. The van der Waals surface area contributed by atoms with Crippen molar-refractivity contribution in [2.45, 2.75) is 50.0 Å². The third-order valence-electron chi connectivity index (χ3n) is 6.72. The van der Waals surface area contributed by atoms with Crippen LogP contribution in [0, 0.1) is 5.92 Å². The highest BCUT2D eigenvalue weighted by atomic mass is 32.2. The molecule has 0 aliphatic carbocycles. The summed E-state index contributed by atoms with van der Waals surface area (Å²) >= 11 is 0. The van der Waals surface area contributed by atoms with Gasteiger partial charge in [-0.3, -0.25) is 0 Å². The molecule has 0 radical (unpaired) electrons. The lowest BCUT2D eigenvalue weighted by Crippen LogP contribution is -2.54. The van der Waals surface area contributed by atoms with Gasteiger partial charge in [-0.2, -0.15) is 0 Å². The highest BCUT2D eigenvalue weighted by Crippen LogP contribution is 2.31. The molecule has 1 amide bonds. The van der Waals surface area contributed by atoms with E-state index in [1.165, 1.54) is 4.31 Å². The van der Waals surface area contributed by atoms with Gasteiger partial charge in [0.25, 0.3) is 0 Å². The number of likely N-dealkylation sites (tertiary alicyclic amines) is 1. The van der Waals surface area contributed by atoms with Crippen LogP contribution >= 0.6 is 0 Å². The Balaban J connectivity index is 1.61. The number of hydrogen-bond donors (Lipinski definition) is 0. The molecule has 2 aromatic rings. The van der Waals surface area contributed by atoms with Crippen molar-refractivity contribution in [1.29, 1.82) is 0 Å². The van der Waals surface area contributed by atoms with Crippen molar-refractivity contribution in [1.82, 2.24) is 14.1 Å². The maximum absolute atomic E-state index is 13.2. The van der Waals surface area contributed by atoms with Crippen molar-refractivity contribution in [2.75, 3.05) is 46.8 Å². The summed E-state index contributed by atoms with van der Waals surface area (Å²) in [5, 5.41) is 0. The van der Waals surface area contributed by atoms with Gasteiger partial charge in [-0.15, -0.1) is 0 Å². The number of hydrogen-bond acceptors (Lipinski definition) is 5. The maximum atomic E-state index is 13.2. The van der Waals surface area contributed by atoms with Gasteiger partial charge in [0.15, 0.2) is 0 Å². The second kappa shape index (κ2) is 11.3. The van der Waals surface area contributed by atoms with Crippen LogP contribution in [0.2, 0.25) is 0 Å². The van der Waals surface area contributed by atoms with Crippen LogP contribution in [0.4, 0.5) is 4.79 Å². The fourth-order valence-corrected chi connectivity index (χ4v) is 5.95. The van der Waals surface area contributed by atoms with Gasteiger partial charge in [-0.25, -0.2) is 17.5 Å². The Morgan fingerprint density at radius 2 is 1.53 bits per heavy atom. The van der Waals surface area contributed by atoms with Gasteiger partial charge in [0.2, 0.25) is 10.0 Å². The van der Waals surface area contributed by atoms with Gasteiger partial charge in [0.05, 0.1) is 4.90 Å². The molecule has 0 unspecified atom stereocenters. The molecule has 1 atom stereocenters. The number of ether oxygens (including phenoxy) is 1. The Morgan fingerprint density at radius 1 is 0.972 bits per heavy atom. The van der Waals surface area contributed by atoms with Crippen molar-refractivity contribution >= 4 is 16.1 Å². The van der Waals surface area contributed by atoms with E-state index in [1.807, 2.05) is 45.0 Å². The molecule has 0 aromatic heterocycles. The Bertz CT molecular complexity index is 1100. The van der Waals surface area contributed by atoms with Gasteiger partial charge >= 0.3 is 6.09 Å². The van der Waals surface area contributed by atoms with Crippen LogP contribution in [0.5, 0.6) is 0 Å². The van der Waals surface area contributed by atoms with E-state index < -0.39 is 15.6 Å². The summed E-state index contributed by atoms with van der Waals surface area (Å²) in [6.07, 6.45) is 0.547. The van der Waals surface area contributed by atoms with Crippen LogP contribution < -0.4 is 0 Å². The van der Waals surface area contributed by atoms with Crippen LogP contribution in [0.15, 0.2) is 65.6 Å². The fraction of sp³-hybridized carbons (Fsp3) is 0.536. The summed E-state index contributed by atoms with van der Waals surface area (Å²) in [5.74, 6) is 0.409. The van der Waals surface area contributed by atoms with E-state index in [0.29, 0.717) is 30.4 Å². The molecule has 1 aliphatic rings. The fourth-order valence-electron chi connectivity index (χ4n) is 4.63. The van der Waals surface area contributed by atoms with E-state index in [-0.39, 0.29) is 11.5 Å².